The van der Waals surface area contributed by atoms with Gasteiger partial charge in [0, 0.05) is 15.7 Å². The summed E-state index contributed by atoms with van der Waals surface area (Å²) in [6.07, 6.45) is -4.45. The van der Waals surface area contributed by atoms with E-state index in [1.807, 2.05) is 13.8 Å². The molecule has 18 heavy (non-hydrogen) atoms. The lowest BCUT2D eigenvalue weighted by atomic mass is 10.1. The Morgan fingerprint density at radius 2 is 2.00 bits per heavy atom. The van der Waals surface area contributed by atoms with E-state index in [0.717, 1.165) is 12.1 Å². The molecule has 0 bridgehead atoms. The molecule has 0 aliphatic carbocycles. The van der Waals surface area contributed by atoms with Crippen molar-refractivity contribution >= 4 is 17.6 Å². The van der Waals surface area contributed by atoms with Crippen LogP contribution in [0, 0.1) is 0 Å². The minimum Gasteiger partial charge on any atom is -0.409 e. The molecular formula is C11H13F3N2OS. The van der Waals surface area contributed by atoms with Crippen molar-refractivity contribution in [3.05, 3.63) is 29.3 Å². The predicted octanol–water partition coefficient (Wildman–Crippen LogP) is 3.30. The summed E-state index contributed by atoms with van der Waals surface area (Å²) < 4.78 is 37.7. The van der Waals surface area contributed by atoms with Crippen LogP contribution in [0.5, 0.6) is 0 Å². The molecule has 0 heterocycles. The van der Waals surface area contributed by atoms with E-state index in [0.29, 0.717) is 4.90 Å². The van der Waals surface area contributed by atoms with Gasteiger partial charge in [-0.25, -0.2) is 0 Å². The molecule has 0 saturated carbocycles. The maximum absolute atomic E-state index is 12.6. The van der Waals surface area contributed by atoms with Crippen molar-refractivity contribution in [3.8, 4) is 0 Å². The summed E-state index contributed by atoms with van der Waals surface area (Å²) in [5, 5.41) is 11.5. The molecule has 1 aromatic rings. The highest BCUT2D eigenvalue weighted by Gasteiger charge is 2.31. The fraction of sp³-hybridized carbons (Fsp3) is 0.364. The summed E-state index contributed by atoms with van der Waals surface area (Å²) >= 11 is 1.35. The Kier molecular flexibility index (Phi) is 4.50. The quantitative estimate of drug-likeness (QED) is 0.293. The third-order valence-electron chi connectivity index (χ3n) is 2.05. The van der Waals surface area contributed by atoms with Crippen LogP contribution in [-0.4, -0.2) is 16.3 Å². The monoisotopic (exact) mass is 278 g/mol. The molecule has 3 nitrogen and oxygen atoms in total. The largest absolute Gasteiger partial charge is 0.416 e. The predicted molar refractivity (Wildman–Crippen MR) is 64.9 cm³/mol. The summed E-state index contributed by atoms with van der Waals surface area (Å²) in [5.74, 6) is -0.329. The second-order valence-electron chi connectivity index (χ2n) is 3.86. The summed E-state index contributed by atoms with van der Waals surface area (Å²) in [7, 11) is 0. The molecule has 0 fully saturated rings. The van der Waals surface area contributed by atoms with Crippen molar-refractivity contribution in [2.45, 2.75) is 30.2 Å². The van der Waals surface area contributed by atoms with E-state index in [9.17, 15) is 13.2 Å². The standard InChI is InChI=1S/C11H13F3N2OS/c1-6(2)18-9-4-3-7(11(12,13)14)5-8(9)10(15)16-17/h3-6,17H,1-2H3,(H2,15,16). The maximum Gasteiger partial charge on any atom is 0.416 e. The number of rotatable bonds is 3. The van der Waals surface area contributed by atoms with Crippen molar-refractivity contribution < 1.29 is 18.4 Å². The fourth-order valence-electron chi connectivity index (χ4n) is 1.32. The van der Waals surface area contributed by atoms with Gasteiger partial charge in [-0.2, -0.15) is 13.2 Å². The number of nitrogens with two attached hydrogens (primary N) is 1. The number of oxime groups is 1. The minimum atomic E-state index is -4.45. The average molecular weight is 278 g/mol. The van der Waals surface area contributed by atoms with Gasteiger partial charge in [0.05, 0.1) is 5.56 Å². The molecule has 0 aliphatic heterocycles. The first-order valence-electron chi connectivity index (χ1n) is 5.11. The zero-order valence-corrected chi connectivity index (χ0v) is 10.6. The molecule has 0 amide bonds. The van der Waals surface area contributed by atoms with Gasteiger partial charge >= 0.3 is 6.18 Å². The van der Waals surface area contributed by atoms with Gasteiger partial charge in [-0.1, -0.05) is 19.0 Å². The van der Waals surface area contributed by atoms with Gasteiger partial charge < -0.3 is 10.9 Å². The van der Waals surface area contributed by atoms with Gasteiger partial charge in [0.25, 0.3) is 0 Å². The first-order valence-corrected chi connectivity index (χ1v) is 5.99. The van der Waals surface area contributed by atoms with Gasteiger partial charge in [0.2, 0.25) is 0 Å². The molecule has 1 aromatic carbocycles. The minimum absolute atomic E-state index is 0.0889. The molecule has 3 N–H and O–H groups in total. The first-order chi connectivity index (χ1) is 8.25. The van der Waals surface area contributed by atoms with Crippen molar-refractivity contribution in [2.24, 2.45) is 10.9 Å². The number of benzene rings is 1. The maximum atomic E-state index is 12.6. The Hall–Kier alpha value is -1.37. The molecule has 0 radical (unpaired) electrons. The second kappa shape index (κ2) is 5.51. The Bertz CT molecular complexity index is 458. The van der Waals surface area contributed by atoms with Crippen LogP contribution in [0.1, 0.15) is 25.0 Å². The van der Waals surface area contributed by atoms with Crippen LogP contribution < -0.4 is 5.73 Å². The number of amidine groups is 1. The summed E-state index contributed by atoms with van der Waals surface area (Å²) in [5.41, 5.74) is 4.67. The van der Waals surface area contributed by atoms with Crippen LogP contribution >= 0.6 is 11.8 Å². The Morgan fingerprint density at radius 3 is 2.44 bits per heavy atom. The van der Waals surface area contributed by atoms with Crippen molar-refractivity contribution in [3.63, 3.8) is 0 Å². The van der Waals surface area contributed by atoms with Gasteiger partial charge in [-0.3, -0.25) is 0 Å². The molecule has 7 heteroatoms. The van der Waals surface area contributed by atoms with Gasteiger partial charge in [0.1, 0.15) is 0 Å². The number of thioether (sulfide) groups is 1. The van der Waals surface area contributed by atoms with Crippen LogP contribution in [0.4, 0.5) is 13.2 Å². The smallest absolute Gasteiger partial charge is 0.409 e. The molecule has 0 aliphatic rings. The lowest BCUT2D eigenvalue weighted by Crippen LogP contribution is -2.16. The van der Waals surface area contributed by atoms with Crippen LogP contribution in [0.15, 0.2) is 28.3 Å². The highest BCUT2D eigenvalue weighted by molar-refractivity contribution is 8.00. The molecule has 0 spiro atoms. The molecule has 0 unspecified atom stereocenters. The van der Waals surface area contributed by atoms with E-state index < -0.39 is 11.7 Å². The summed E-state index contributed by atoms with van der Waals surface area (Å²) in [6, 6.07) is 3.21. The number of hydrogen-bond donors (Lipinski definition) is 2. The van der Waals surface area contributed by atoms with Crippen molar-refractivity contribution in [1.82, 2.24) is 0 Å². The van der Waals surface area contributed by atoms with Crippen LogP contribution in [0.2, 0.25) is 0 Å². The number of halogens is 3. The summed E-state index contributed by atoms with van der Waals surface area (Å²) in [4.78, 5) is 0.549. The van der Waals surface area contributed by atoms with Gasteiger partial charge in [-0.15, -0.1) is 11.8 Å². The lowest BCUT2D eigenvalue weighted by Gasteiger charge is -2.13. The molecule has 0 atom stereocenters. The Labute approximate surface area is 107 Å². The van der Waals surface area contributed by atoms with Crippen LogP contribution in [-0.2, 0) is 6.18 Å². The van der Waals surface area contributed by atoms with E-state index in [1.165, 1.54) is 17.8 Å². The zero-order chi connectivity index (χ0) is 13.9. The molecule has 0 aromatic heterocycles. The summed E-state index contributed by atoms with van der Waals surface area (Å²) in [6.45, 7) is 3.80. The van der Waals surface area contributed by atoms with Crippen molar-refractivity contribution in [2.75, 3.05) is 0 Å². The second-order valence-corrected chi connectivity index (χ2v) is 5.48. The molecular weight excluding hydrogens is 265 g/mol. The Morgan fingerprint density at radius 1 is 1.39 bits per heavy atom. The number of nitrogens with zero attached hydrogens (tertiary/aromatic N) is 1. The van der Waals surface area contributed by atoms with E-state index in [2.05, 4.69) is 5.16 Å². The highest BCUT2D eigenvalue weighted by Crippen LogP contribution is 2.34. The molecule has 1 rings (SSSR count). The Balaban J connectivity index is 3.30. The number of hydrogen-bond acceptors (Lipinski definition) is 3. The van der Waals surface area contributed by atoms with E-state index >= 15 is 0 Å². The average Bonchev–Trinajstić information content (AvgIpc) is 2.26. The normalized spacial score (nSPS) is 13.1. The first kappa shape index (κ1) is 14.7. The van der Waals surface area contributed by atoms with Gasteiger partial charge in [0.15, 0.2) is 5.84 Å². The number of alkyl halides is 3. The van der Waals surface area contributed by atoms with Gasteiger partial charge in [-0.05, 0) is 18.2 Å². The topological polar surface area (TPSA) is 58.6 Å². The highest BCUT2D eigenvalue weighted by atomic mass is 32.2. The zero-order valence-electron chi connectivity index (χ0n) is 9.82. The van der Waals surface area contributed by atoms with Crippen LogP contribution in [0.25, 0.3) is 0 Å². The molecule has 0 saturated heterocycles. The molecule has 100 valence electrons. The third-order valence-corrected chi connectivity index (χ3v) is 3.13. The third kappa shape index (κ3) is 3.56. The SMILES string of the molecule is CC(C)Sc1ccc(C(F)(F)F)cc1/C(N)=N/O. The van der Waals surface area contributed by atoms with E-state index in [1.54, 1.807) is 0 Å². The fourth-order valence-corrected chi connectivity index (χ4v) is 2.26. The van der Waals surface area contributed by atoms with Crippen molar-refractivity contribution in [1.29, 1.82) is 0 Å². The van der Waals surface area contributed by atoms with E-state index in [-0.39, 0.29) is 16.6 Å². The van der Waals surface area contributed by atoms with E-state index in [4.69, 9.17) is 10.9 Å². The van der Waals surface area contributed by atoms with Crippen LogP contribution in [0.3, 0.4) is 0 Å². The lowest BCUT2D eigenvalue weighted by molar-refractivity contribution is -0.137.